The zero-order valence-electron chi connectivity index (χ0n) is 13.9. The van der Waals surface area contributed by atoms with E-state index in [0.29, 0.717) is 6.04 Å². The lowest BCUT2D eigenvalue weighted by atomic mass is 9.94. The fourth-order valence-electron chi connectivity index (χ4n) is 3.67. The number of hydrogen-bond acceptors (Lipinski definition) is 2. The molecule has 1 N–H and O–H groups in total. The van der Waals surface area contributed by atoms with E-state index in [4.69, 9.17) is 0 Å². The summed E-state index contributed by atoms with van der Waals surface area (Å²) in [6.07, 6.45) is 9.07. The number of nitrogens with one attached hydrogen (secondary N) is 1. The van der Waals surface area contributed by atoms with E-state index in [1.165, 1.54) is 28.1 Å². The van der Waals surface area contributed by atoms with Crippen molar-refractivity contribution in [1.82, 2.24) is 5.32 Å². The highest BCUT2D eigenvalue weighted by Gasteiger charge is 2.37. The van der Waals surface area contributed by atoms with Crippen LogP contribution in [0, 0.1) is 6.92 Å². The molecule has 2 nitrogen and oxygen atoms in total. The molecule has 0 bridgehead atoms. The summed E-state index contributed by atoms with van der Waals surface area (Å²) in [5.41, 5.74) is 7.28. The molecule has 0 aromatic heterocycles. The second kappa shape index (κ2) is 6.53. The van der Waals surface area contributed by atoms with Crippen LogP contribution in [0.2, 0.25) is 0 Å². The van der Waals surface area contributed by atoms with Gasteiger partial charge in [0.25, 0.3) is 0 Å². The third-order valence-corrected chi connectivity index (χ3v) is 4.55. The third kappa shape index (κ3) is 2.52. The number of hydrogen-bond donors (Lipinski definition) is 1. The maximum Gasteiger partial charge on any atom is 0.0626 e. The molecule has 4 rings (SSSR count). The highest BCUT2D eigenvalue weighted by Crippen LogP contribution is 2.42. The van der Waals surface area contributed by atoms with E-state index < -0.39 is 0 Å². The molecule has 1 aromatic carbocycles. The molecule has 1 unspecified atom stereocenters. The molecular formula is C20H26N2. The molecule has 1 atom stereocenters. The SMILES string of the molecule is CC.Cc1cccc(N2C3=C(CNCC3)C3=CC=CCC32)c1. The Morgan fingerprint density at radius 3 is 2.91 bits per heavy atom. The van der Waals surface area contributed by atoms with Gasteiger partial charge in [0, 0.05) is 30.9 Å². The van der Waals surface area contributed by atoms with Crippen molar-refractivity contribution < 1.29 is 0 Å². The number of benzene rings is 1. The van der Waals surface area contributed by atoms with E-state index in [2.05, 4.69) is 59.6 Å². The normalized spacial score (nSPS) is 22.6. The summed E-state index contributed by atoms with van der Waals surface area (Å²) in [6, 6.07) is 9.42. The van der Waals surface area contributed by atoms with Gasteiger partial charge in [0.1, 0.15) is 0 Å². The van der Waals surface area contributed by atoms with Crippen molar-refractivity contribution >= 4 is 5.69 Å². The summed E-state index contributed by atoms with van der Waals surface area (Å²) in [5, 5.41) is 3.52. The van der Waals surface area contributed by atoms with Crippen LogP contribution in [0.5, 0.6) is 0 Å². The molecule has 0 saturated heterocycles. The Morgan fingerprint density at radius 2 is 2.09 bits per heavy atom. The largest absolute Gasteiger partial charge is 0.337 e. The Kier molecular flexibility index (Phi) is 4.49. The maximum absolute atomic E-state index is 3.52. The van der Waals surface area contributed by atoms with Crippen LogP contribution < -0.4 is 10.2 Å². The average Bonchev–Trinajstić information content (AvgIpc) is 2.91. The molecule has 0 spiro atoms. The van der Waals surface area contributed by atoms with Crippen molar-refractivity contribution in [3.8, 4) is 0 Å². The molecule has 0 saturated carbocycles. The molecule has 1 aromatic rings. The maximum atomic E-state index is 3.52. The molecule has 2 heteroatoms. The number of rotatable bonds is 1. The van der Waals surface area contributed by atoms with Crippen LogP contribution >= 0.6 is 0 Å². The summed E-state index contributed by atoms with van der Waals surface area (Å²) in [6.45, 7) is 8.29. The molecule has 116 valence electrons. The van der Waals surface area contributed by atoms with Gasteiger partial charge in [-0.2, -0.15) is 0 Å². The number of anilines is 1. The zero-order chi connectivity index (χ0) is 15.5. The van der Waals surface area contributed by atoms with Crippen LogP contribution in [0.4, 0.5) is 5.69 Å². The second-order valence-electron chi connectivity index (χ2n) is 5.86. The highest BCUT2D eigenvalue weighted by molar-refractivity contribution is 5.67. The summed E-state index contributed by atoms with van der Waals surface area (Å²) in [4.78, 5) is 2.58. The first-order valence-corrected chi connectivity index (χ1v) is 8.50. The van der Waals surface area contributed by atoms with Gasteiger partial charge < -0.3 is 10.2 Å². The lowest BCUT2D eigenvalue weighted by Crippen LogP contribution is -2.32. The molecule has 2 aliphatic heterocycles. The molecule has 3 aliphatic rings. The lowest BCUT2D eigenvalue weighted by Gasteiger charge is -2.31. The van der Waals surface area contributed by atoms with E-state index in [0.717, 1.165) is 25.9 Å². The molecule has 0 fully saturated rings. The summed E-state index contributed by atoms with van der Waals surface area (Å²) >= 11 is 0. The first kappa shape index (κ1) is 15.1. The zero-order valence-corrected chi connectivity index (χ0v) is 13.9. The van der Waals surface area contributed by atoms with Gasteiger partial charge in [0.2, 0.25) is 0 Å². The Bertz CT molecular complexity index is 637. The molecule has 1 aliphatic carbocycles. The van der Waals surface area contributed by atoms with Crippen LogP contribution in [-0.4, -0.2) is 19.1 Å². The molecule has 2 heterocycles. The number of allylic oxidation sites excluding steroid dienone is 2. The summed E-state index contributed by atoms with van der Waals surface area (Å²) in [5.74, 6) is 0. The van der Waals surface area contributed by atoms with Crippen molar-refractivity contribution in [2.45, 2.75) is 39.7 Å². The Hall–Kier alpha value is -1.80. The summed E-state index contributed by atoms with van der Waals surface area (Å²) in [7, 11) is 0. The smallest absolute Gasteiger partial charge is 0.0626 e. The first-order chi connectivity index (χ1) is 10.8. The number of aryl methyl sites for hydroxylation is 1. The van der Waals surface area contributed by atoms with E-state index in [-0.39, 0.29) is 0 Å². The van der Waals surface area contributed by atoms with Crippen molar-refractivity contribution in [1.29, 1.82) is 0 Å². The minimum Gasteiger partial charge on any atom is -0.337 e. The second-order valence-corrected chi connectivity index (χ2v) is 5.86. The predicted octanol–water partition coefficient (Wildman–Crippen LogP) is 4.34. The summed E-state index contributed by atoms with van der Waals surface area (Å²) < 4.78 is 0. The highest BCUT2D eigenvalue weighted by atomic mass is 15.2. The fourth-order valence-corrected chi connectivity index (χ4v) is 3.67. The predicted molar refractivity (Wildman–Crippen MR) is 95.1 cm³/mol. The van der Waals surface area contributed by atoms with Crippen LogP contribution in [0.15, 0.2) is 59.3 Å². The number of fused-ring (bicyclic) bond motifs is 2. The van der Waals surface area contributed by atoms with E-state index in [1.807, 2.05) is 13.8 Å². The fraction of sp³-hybridized carbons (Fsp3) is 0.400. The number of nitrogens with zero attached hydrogens (tertiary/aromatic N) is 1. The Labute approximate surface area is 134 Å². The van der Waals surface area contributed by atoms with Crippen LogP contribution in [0.25, 0.3) is 0 Å². The van der Waals surface area contributed by atoms with Crippen molar-refractivity contribution in [3.63, 3.8) is 0 Å². The molecule has 0 radical (unpaired) electrons. The van der Waals surface area contributed by atoms with Gasteiger partial charge in [-0.3, -0.25) is 0 Å². The molecule has 0 amide bonds. The topological polar surface area (TPSA) is 15.3 Å². The van der Waals surface area contributed by atoms with Gasteiger partial charge in [0.05, 0.1) is 6.04 Å². The van der Waals surface area contributed by atoms with Crippen molar-refractivity contribution in [2.24, 2.45) is 0 Å². The van der Waals surface area contributed by atoms with Gasteiger partial charge >= 0.3 is 0 Å². The van der Waals surface area contributed by atoms with E-state index in [1.54, 1.807) is 0 Å². The van der Waals surface area contributed by atoms with Gasteiger partial charge in [-0.15, -0.1) is 0 Å². The van der Waals surface area contributed by atoms with Crippen LogP contribution in [0.3, 0.4) is 0 Å². The van der Waals surface area contributed by atoms with Gasteiger partial charge in [-0.25, -0.2) is 0 Å². The molecular weight excluding hydrogens is 268 g/mol. The minimum absolute atomic E-state index is 0.506. The average molecular weight is 294 g/mol. The van der Waals surface area contributed by atoms with Gasteiger partial charge in [0.15, 0.2) is 0 Å². The van der Waals surface area contributed by atoms with Crippen molar-refractivity contribution in [2.75, 3.05) is 18.0 Å². The minimum atomic E-state index is 0.506. The van der Waals surface area contributed by atoms with Crippen LogP contribution in [0.1, 0.15) is 32.3 Å². The Balaban J connectivity index is 0.000000693. The Morgan fingerprint density at radius 1 is 1.23 bits per heavy atom. The quantitative estimate of drug-likeness (QED) is 0.828. The van der Waals surface area contributed by atoms with E-state index >= 15 is 0 Å². The first-order valence-electron chi connectivity index (χ1n) is 8.50. The van der Waals surface area contributed by atoms with E-state index in [9.17, 15) is 0 Å². The standard InChI is InChI=1S/C18H20N2.C2H6/c1-13-5-4-6-14(11-13)20-17-8-3-2-7-15(17)16-12-19-10-9-18(16)20;1-2/h2-7,11,17,19H,8-10,12H2,1H3;1-2H3. The van der Waals surface area contributed by atoms with Crippen LogP contribution in [-0.2, 0) is 0 Å². The monoisotopic (exact) mass is 294 g/mol. The lowest BCUT2D eigenvalue weighted by molar-refractivity contribution is 0.675. The molecule has 22 heavy (non-hydrogen) atoms. The van der Waals surface area contributed by atoms with Crippen molar-refractivity contribution in [3.05, 3.63) is 64.9 Å². The van der Waals surface area contributed by atoms with Gasteiger partial charge in [-0.1, -0.05) is 44.2 Å². The van der Waals surface area contributed by atoms with Gasteiger partial charge in [-0.05, 0) is 42.2 Å². The third-order valence-electron chi connectivity index (χ3n) is 4.55.